The van der Waals surface area contributed by atoms with Crippen LogP contribution in [-0.4, -0.2) is 37.0 Å². The van der Waals surface area contributed by atoms with E-state index in [1.54, 1.807) is 24.3 Å². The summed E-state index contributed by atoms with van der Waals surface area (Å²) in [6.45, 7) is 3.91. The van der Waals surface area contributed by atoms with Crippen molar-refractivity contribution in [2.45, 2.75) is 13.8 Å². The third kappa shape index (κ3) is 3.78. The zero-order chi connectivity index (χ0) is 20.3. The zero-order valence-electron chi connectivity index (χ0n) is 16.6. The Balaban J connectivity index is 1.90. The number of hydrogen-bond acceptors (Lipinski definition) is 5. The van der Waals surface area contributed by atoms with Crippen molar-refractivity contribution in [3.05, 3.63) is 59.4 Å². The third-order valence-electron chi connectivity index (χ3n) is 4.29. The molecule has 0 aliphatic rings. The predicted octanol–water partition coefficient (Wildman–Crippen LogP) is 3.77. The maximum absolute atomic E-state index is 12.8. The smallest absolute Gasteiger partial charge is 0.255 e. The van der Waals surface area contributed by atoms with Gasteiger partial charge in [0.1, 0.15) is 0 Å². The second kappa shape index (κ2) is 8.04. The lowest BCUT2D eigenvalue weighted by atomic mass is 10.1. The Kier molecular flexibility index (Phi) is 5.54. The molecule has 1 aromatic heterocycles. The van der Waals surface area contributed by atoms with E-state index < -0.39 is 0 Å². The van der Waals surface area contributed by atoms with Crippen LogP contribution >= 0.6 is 0 Å². The summed E-state index contributed by atoms with van der Waals surface area (Å²) >= 11 is 0. The second-order valence-corrected chi connectivity index (χ2v) is 6.26. The Morgan fingerprint density at radius 3 is 2.18 bits per heavy atom. The van der Waals surface area contributed by atoms with Crippen LogP contribution in [0.3, 0.4) is 0 Å². The highest BCUT2D eigenvalue weighted by atomic mass is 16.5. The van der Waals surface area contributed by atoms with Gasteiger partial charge >= 0.3 is 0 Å². The number of methoxy groups -OCH3 is 3. The van der Waals surface area contributed by atoms with Gasteiger partial charge in [-0.2, -0.15) is 5.10 Å². The molecule has 7 nitrogen and oxygen atoms in total. The Hall–Kier alpha value is -3.48. The van der Waals surface area contributed by atoms with E-state index in [4.69, 9.17) is 14.2 Å². The van der Waals surface area contributed by atoms with Crippen molar-refractivity contribution in [2.75, 3.05) is 26.6 Å². The molecule has 0 aliphatic heterocycles. The number of aryl methyl sites for hydroxylation is 2. The summed E-state index contributed by atoms with van der Waals surface area (Å²) in [6, 6.07) is 12.7. The number of ether oxygens (including phenoxy) is 3. The molecule has 0 saturated carbocycles. The van der Waals surface area contributed by atoms with Gasteiger partial charge in [0.15, 0.2) is 11.5 Å². The first-order valence-electron chi connectivity index (χ1n) is 8.72. The number of rotatable bonds is 6. The molecule has 0 radical (unpaired) electrons. The van der Waals surface area contributed by atoms with Crippen LogP contribution in [0.5, 0.6) is 17.2 Å². The maximum Gasteiger partial charge on any atom is 0.255 e. The van der Waals surface area contributed by atoms with E-state index >= 15 is 0 Å². The fraction of sp³-hybridized carbons (Fsp3) is 0.238. The molecule has 146 valence electrons. The molecule has 3 rings (SSSR count). The average Bonchev–Trinajstić information content (AvgIpc) is 3.05. The molecule has 0 spiro atoms. The molecule has 0 saturated heterocycles. The Labute approximate surface area is 163 Å². The Morgan fingerprint density at radius 1 is 0.964 bits per heavy atom. The summed E-state index contributed by atoms with van der Waals surface area (Å²) in [5, 5.41) is 7.34. The summed E-state index contributed by atoms with van der Waals surface area (Å²) in [5.41, 5.74) is 3.79. The molecule has 2 aromatic carbocycles. The highest BCUT2D eigenvalue weighted by Crippen LogP contribution is 2.40. The number of hydrogen-bond donors (Lipinski definition) is 1. The minimum Gasteiger partial charge on any atom is -0.493 e. The molecule has 1 N–H and O–H groups in total. The molecular weight excluding hydrogens is 358 g/mol. The van der Waals surface area contributed by atoms with E-state index in [1.165, 1.54) is 21.3 Å². The lowest BCUT2D eigenvalue weighted by molar-refractivity contribution is 0.102. The zero-order valence-corrected chi connectivity index (χ0v) is 16.6. The highest BCUT2D eigenvalue weighted by Gasteiger charge is 2.15. The highest BCUT2D eigenvalue weighted by molar-refractivity contribution is 6.04. The maximum atomic E-state index is 12.8. The molecule has 28 heavy (non-hydrogen) atoms. The summed E-state index contributed by atoms with van der Waals surface area (Å²) in [5.74, 6) is 1.15. The summed E-state index contributed by atoms with van der Waals surface area (Å²) < 4.78 is 17.8. The lowest BCUT2D eigenvalue weighted by Crippen LogP contribution is -2.13. The number of aromatic nitrogens is 2. The van der Waals surface area contributed by atoms with Crippen molar-refractivity contribution < 1.29 is 19.0 Å². The van der Waals surface area contributed by atoms with Crippen molar-refractivity contribution in [2.24, 2.45) is 0 Å². The van der Waals surface area contributed by atoms with E-state index in [2.05, 4.69) is 10.4 Å². The van der Waals surface area contributed by atoms with Gasteiger partial charge in [-0.25, -0.2) is 4.68 Å². The van der Waals surface area contributed by atoms with Crippen molar-refractivity contribution >= 4 is 11.6 Å². The number of anilines is 1. The number of benzene rings is 2. The third-order valence-corrected chi connectivity index (χ3v) is 4.29. The van der Waals surface area contributed by atoms with Crippen LogP contribution in [-0.2, 0) is 0 Å². The first-order valence-corrected chi connectivity index (χ1v) is 8.72. The van der Waals surface area contributed by atoms with Crippen molar-refractivity contribution in [1.82, 2.24) is 9.78 Å². The van der Waals surface area contributed by atoms with Gasteiger partial charge in [0.05, 0.1) is 32.7 Å². The number of nitrogens with one attached hydrogen (secondary N) is 1. The number of nitrogens with zero attached hydrogens (tertiary/aromatic N) is 2. The van der Waals surface area contributed by atoms with Crippen LogP contribution in [0, 0.1) is 13.8 Å². The van der Waals surface area contributed by atoms with Crippen LogP contribution in [0.2, 0.25) is 0 Å². The molecule has 0 aliphatic carbocycles. The number of amides is 1. The molecule has 1 amide bonds. The predicted molar refractivity (Wildman–Crippen MR) is 107 cm³/mol. The van der Waals surface area contributed by atoms with E-state index in [0.29, 0.717) is 28.5 Å². The van der Waals surface area contributed by atoms with Gasteiger partial charge in [-0.1, -0.05) is 6.07 Å². The molecule has 0 fully saturated rings. The van der Waals surface area contributed by atoms with Gasteiger partial charge in [0.2, 0.25) is 5.75 Å². The number of carbonyl (C=O) groups is 1. The van der Waals surface area contributed by atoms with Crippen LogP contribution in [0.4, 0.5) is 5.69 Å². The van der Waals surface area contributed by atoms with E-state index in [1.807, 2.05) is 36.7 Å². The van der Waals surface area contributed by atoms with Crippen LogP contribution < -0.4 is 19.5 Å². The van der Waals surface area contributed by atoms with Gasteiger partial charge < -0.3 is 19.5 Å². The first-order chi connectivity index (χ1) is 13.5. The summed E-state index contributed by atoms with van der Waals surface area (Å²) in [4.78, 5) is 12.8. The Morgan fingerprint density at radius 2 is 1.64 bits per heavy atom. The molecule has 7 heteroatoms. The number of carbonyl (C=O) groups excluding carboxylic acids is 1. The van der Waals surface area contributed by atoms with Gasteiger partial charge in [0, 0.05) is 29.1 Å². The van der Waals surface area contributed by atoms with Crippen LogP contribution in [0.25, 0.3) is 5.69 Å². The van der Waals surface area contributed by atoms with Gasteiger partial charge in [-0.05, 0) is 38.1 Å². The molecular formula is C21H23N3O4. The van der Waals surface area contributed by atoms with E-state index in [9.17, 15) is 4.79 Å². The molecule has 3 aromatic rings. The monoisotopic (exact) mass is 381 g/mol. The fourth-order valence-electron chi connectivity index (χ4n) is 3.03. The van der Waals surface area contributed by atoms with Gasteiger partial charge in [0.25, 0.3) is 5.91 Å². The average molecular weight is 381 g/mol. The minimum absolute atomic E-state index is 0.252. The first kappa shape index (κ1) is 19.3. The topological polar surface area (TPSA) is 74.6 Å². The fourth-order valence-corrected chi connectivity index (χ4v) is 3.03. The molecule has 0 unspecified atom stereocenters. The standard InChI is InChI=1S/C21H23N3O4/c1-13-9-14(2)24(23-13)17-8-6-7-15(10-17)21(25)22-16-11-18(26-3)20(28-5)19(12-16)27-4/h6-12H,1-5H3,(H,22,25). The summed E-state index contributed by atoms with van der Waals surface area (Å²) in [7, 11) is 4.59. The quantitative estimate of drug-likeness (QED) is 0.704. The van der Waals surface area contributed by atoms with Gasteiger partial charge in [-0.3, -0.25) is 4.79 Å². The second-order valence-electron chi connectivity index (χ2n) is 6.26. The Bertz CT molecular complexity index is 986. The SMILES string of the molecule is COc1cc(NC(=O)c2cccc(-n3nc(C)cc3C)c2)cc(OC)c1OC. The largest absolute Gasteiger partial charge is 0.493 e. The van der Waals surface area contributed by atoms with E-state index in [-0.39, 0.29) is 5.91 Å². The minimum atomic E-state index is -0.252. The summed E-state index contributed by atoms with van der Waals surface area (Å²) in [6.07, 6.45) is 0. The van der Waals surface area contributed by atoms with E-state index in [0.717, 1.165) is 17.1 Å². The van der Waals surface area contributed by atoms with Crippen LogP contribution in [0.15, 0.2) is 42.5 Å². The van der Waals surface area contributed by atoms with Crippen molar-refractivity contribution in [3.63, 3.8) is 0 Å². The van der Waals surface area contributed by atoms with Gasteiger partial charge in [-0.15, -0.1) is 0 Å². The van der Waals surface area contributed by atoms with Crippen LogP contribution in [0.1, 0.15) is 21.7 Å². The normalized spacial score (nSPS) is 10.5. The molecule has 0 atom stereocenters. The molecule has 0 bridgehead atoms. The molecule has 1 heterocycles. The lowest BCUT2D eigenvalue weighted by Gasteiger charge is -2.15. The van der Waals surface area contributed by atoms with Crippen molar-refractivity contribution in [1.29, 1.82) is 0 Å². The van der Waals surface area contributed by atoms with Crippen molar-refractivity contribution in [3.8, 4) is 22.9 Å².